The maximum atomic E-state index is 5.47. The summed E-state index contributed by atoms with van der Waals surface area (Å²) in [5.41, 5.74) is 0.937. The third kappa shape index (κ3) is 7.95. The van der Waals surface area contributed by atoms with Crippen LogP contribution in [0.4, 0.5) is 11.6 Å². The number of benzene rings is 1. The fourth-order valence-corrected chi connectivity index (χ4v) is 2.51. The Morgan fingerprint density at radius 2 is 1.39 bits per heavy atom. The zero-order valence-corrected chi connectivity index (χ0v) is 19.7. The summed E-state index contributed by atoms with van der Waals surface area (Å²) in [6, 6.07) is 9.72. The maximum Gasteiger partial charge on any atom is 0.232 e. The number of halogens is 3. The highest BCUT2D eigenvalue weighted by Gasteiger charge is 2.04. The lowest BCUT2D eigenvalue weighted by Gasteiger charge is -2.06. The van der Waals surface area contributed by atoms with Gasteiger partial charge in [-0.15, -0.1) is 0 Å². The molecule has 1 aromatic carbocycles. The Kier molecular flexibility index (Phi) is 11.4. The van der Waals surface area contributed by atoms with Gasteiger partial charge in [-0.2, -0.15) is 9.97 Å². The first-order valence-corrected chi connectivity index (χ1v) is 10.1. The van der Waals surface area contributed by atoms with Gasteiger partial charge in [-0.3, -0.25) is 0 Å². The maximum absolute atomic E-state index is 5.47. The van der Waals surface area contributed by atoms with E-state index in [1.807, 2.05) is 44.2 Å². The van der Waals surface area contributed by atoms with Gasteiger partial charge < -0.3 is 14.8 Å². The van der Waals surface area contributed by atoms with Gasteiger partial charge in [-0.05, 0) is 55.6 Å². The van der Waals surface area contributed by atoms with Crippen molar-refractivity contribution in [2.45, 2.75) is 13.8 Å². The average Bonchev–Trinajstić information content (AvgIpc) is 2.74. The second-order valence-corrected chi connectivity index (χ2v) is 6.58. The Bertz CT molecular complexity index is 857. The van der Waals surface area contributed by atoms with Crippen LogP contribution in [0, 0.1) is 0 Å². The molecule has 0 unspecified atom stereocenters. The third-order valence-corrected chi connectivity index (χ3v) is 4.08. The number of hydrogen-bond donors (Lipinski definition) is 1. The second-order valence-electron chi connectivity index (χ2n) is 4.54. The van der Waals surface area contributed by atoms with E-state index in [0.717, 1.165) is 10.2 Å². The molecule has 7 nitrogen and oxygen atoms in total. The number of para-hydroxylation sites is 1. The van der Waals surface area contributed by atoms with Crippen LogP contribution in [-0.2, 0) is 0 Å². The Balaban J connectivity index is 0.000000281. The predicted octanol–water partition coefficient (Wildman–Crippen LogP) is 5.92. The van der Waals surface area contributed by atoms with E-state index < -0.39 is 0 Å². The first-order chi connectivity index (χ1) is 13.5. The number of rotatable bonds is 4. The number of hydrogen-bond acceptors (Lipinski definition) is 7. The molecule has 28 heavy (non-hydrogen) atoms. The summed E-state index contributed by atoms with van der Waals surface area (Å²) in [6.07, 6.45) is 3.19. The molecule has 0 aliphatic rings. The molecule has 0 bridgehead atoms. The lowest BCUT2D eigenvalue weighted by Crippen LogP contribution is -1.99. The van der Waals surface area contributed by atoms with Gasteiger partial charge in [0, 0.05) is 11.9 Å². The number of ether oxygens (including phenoxy) is 2. The number of aromatic nitrogens is 4. The fraction of sp³-hybridized carbons (Fsp3) is 0.222. The lowest BCUT2D eigenvalue weighted by molar-refractivity contribution is 0.394. The number of nitrogens with one attached hydrogen (secondary N) is 1. The number of anilines is 2. The highest BCUT2D eigenvalue weighted by Crippen LogP contribution is 2.23. The van der Waals surface area contributed by atoms with Gasteiger partial charge in [0.2, 0.25) is 23.0 Å². The Labute approximate surface area is 186 Å². The minimum atomic E-state index is 0.181. The molecule has 0 fully saturated rings. The van der Waals surface area contributed by atoms with Crippen LogP contribution in [0.5, 0.6) is 11.8 Å². The van der Waals surface area contributed by atoms with E-state index in [1.165, 1.54) is 13.3 Å². The molecule has 0 aliphatic heterocycles. The standard InChI is InChI=1S/C11H10BrN3O.C5H4BrClN2O.C2H6/c1-16-10-9(12)7-13-11(15-10)14-8-5-3-2-4-6-8;1-10-4-3(6)2-8-5(7)9-4;1-2/h2-7H,1H3,(H,13,14,15);2H,1H3;1-2H3. The van der Waals surface area contributed by atoms with Crippen molar-refractivity contribution < 1.29 is 9.47 Å². The zero-order valence-electron chi connectivity index (χ0n) is 15.8. The van der Waals surface area contributed by atoms with Crippen LogP contribution in [0.3, 0.4) is 0 Å². The fourth-order valence-electron chi connectivity index (χ4n) is 1.68. The Morgan fingerprint density at radius 3 is 1.93 bits per heavy atom. The van der Waals surface area contributed by atoms with Gasteiger partial charge in [0.05, 0.1) is 29.4 Å². The van der Waals surface area contributed by atoms with Gasteiger partial charge in [-0.1, -0.05) is 32.0 Å². The van der Waals surface area contributed by atoms with Gasteiger partial charge in [-0.25, -0.2) is 9.97 Å². The third-order valence-electron chi connectivity index (χ3n) is 2.81. The molecule has 0 saturated heterocycles. The summed E-state index contributed by atoms with van der Waals surface area (Å²) in [5.74, 6) is 1.46. The average molecular weight is 534 g/mol. The van der Waals surface area contributed by atoms with Crippen LogP contribution in [0.1, 0.15) is 13.8 Å². The van der Waals surface area contributed by atoms with Gasteiger partial charge in [0.1, 0.15) is 0 Å². The van der Waals surface area contributed by atoms with Crippen LogP contribution in [-0.4, -0.2) is 34.2 Å². The molecule has 1 N–H and O–H groups in total. The van der Waals surface area contributed by atoms with Crippen LogP contribution < -0.4 is 14.8 Å². The van der Waals surface area contributed by atoms with Crippen molar-refractivity contribution >= 4 is 55.1 Å². The Hall–Kier alpha value is -1.97. The molecule has 2 heterocycles. The lowest BCUT2D eigenvalue weighted by atomic mass is 10.3. The van der Waals surface area contributed by atoms with Crippen LogP contribution in [0.25, 0.3) is 0 Å². The summed E-state index contributed by atoms with van der Waals surface area (Å²) in [5, 5.41) is 3.26. The molecule has 10 heteroatoms. The van der Waals surface area contributed by atoms with E-state index >= 15 is 0 Å². The van der Waals surface area contributed by atoms with Crippen molar-refractivity contribution in [3.05, 3.63) is 57.0 Å². The molecule has 3 aromatic rings. The molecule has 0 amide bonds. The van der Waals surface area contributed by atoms with Crippen LogP contribution in [0.15, 0.2) is 51.7 Å². The first kappa shape index (κ1) is 24.1. The SMILES string of the molecule is CC.COc1nc(Cl)ncc1Br.COc1nc(Nc2ccccc2)ncc1Br. The summed E-state index contributed by atoms with van der Waals surface area (Å²) in [6.45, 7) is 4.00. The molecule has 0 spiro atoms. The van der Waals surface area contributed by atoms with E-state index in [0.29, 0.717) is 22.2 Å². The van der Waals surface area contributed by atoms with Crippen LogP contribution in [0.2, 0.25) is 5.28 Å². The molecular formula is C18H20Br2ClN5O2. The van der Waals surface area contributed by atoms with Crippen molar-refractivity contribution in [1.29, 1.82) is 0 Å². The first-order valence-electron chi connectivity index (χ1n) is 8.14. The quantitative estimate of drug-likeness (QED) is 0.417. The van der Waals surface area contributed by atoms with Crippen molar-refractivity contribution in [3.63, 3.8) is 0 Å². The smallest absolute Gasteiger partial charge is 0.232 e. The molecule has 0 radical (unpaired) electrons. The largest absolute Gasteiger partial charge is 0.480 e. The molecule has 0 aliphatic carbocycles. The molecular weight excluding hydrogens is 513 g/mol. The van der Waals surface area contributed by atoms with Crippen molar-refractivity contribution in [2.75, 3.05) is 19.5 Å². The number of methoxy groups -OCH3 is 2. The topological polar surface area (TPSA) is 82.1 Å². The summed E-state index contributed by atoms with van der Waals surface area (Å²) in [4.78, 5) is 15.8. The summed E-state index contributed by atoms with van der Waals surface area (Å²) >= 11 is 12.0. The van der Waals surface area contributed by atoms with Gasteiger partial charge >= 0.3 is 0 Å². The van der Waals surface area contributed by atoms with Gasteiger partial charge in [0.15, 0.2) is 0 Å². The normalized spacial score (nSPS) is 9.25. The highest BCUT2D eigenvalue weighted by molar-refractivity contribution is 9.10. The van der Waals surface area contributed by atoms with Gasteiger partial charge in [0.25, 0.3) is 0 Å². The predicted molar refractivity (Wildman–Crippen MR) is 119 cm³/mol. The molecule has 2 aromatic heterocycles. The minimum Gasteiger partial charge on any atom is -0.480 e. The number of nitrogens with zero attached hydrogens (tertiary/aromatic N) is 4. The second kappa shape index (κ2) is 13.2. The highest BCUT2D eigenvalue weighted by atomic mass is 79.9. The van der Waals surface area contributed by atoms with E-state index in [9.17, 15) is 0 Å². The van der Waals surface area contributed by atoms with E-state index in [1.54, 1.807) is 13.3 Å². The molecule has 0 saturated carbocycles. The van der Waals surface area contributed by atoms with Crippen molar-refractivity contribution in [3.8, 4) is 11.8 Å². The zero-order chi connectivity index (χ0) is 20.9. The monoisotopic (exact) mass is 531 g/mol. The van der Waals surface area contributed by atoms with Crippen molar-refractivity contribution in [2.24, 2.45) is 0 Å². The van der Waals surface area contributed by atoms with E-state index in [-0.39, 0.29) is 5.28 Å². The molecule has 3 rings (SSSR count). The van der Waals surface area contributed by atoms with Crippen molar-refractivity contribution in [1.82, 2.24) is 19.9 Å². The Morgan fingerprint density at radius 1 is 0.857 bits per heavy atom. The van der Waals surface area contributed by atoms with E-state index in [4.69, 9.17) is 21.1 Å². The molecule has 150 valence electrons. The van der Waals surface area contributed by atoms with E-state index in [2.05, 4.69) is 57.1 Å². The minimum absolute atomic E-state index is 0.181. The van der Waals surface area contributed by atoms with Crippen LogP contribution >= 0.6 is 43.5 Å². The summed E-state index contributed by atoms with van der Waals surface area (Å²) < 4.78 is 11.4. The molecule has 0 atom stereocenters. The summed E-state index contributed by atoms with van der Waals surface area (Å²) in [7, 11) is 3.09.